The molecular formula is C15H20N2S. The summed E-state index contributed by atoms with van der Waals surface area (Å²) in [5.74, 6) is 0. The van der Waals surface area contributed by atoms with E-state index in [9.17, 15) is 0 Å². The summed E-state index contributed by atoms with van der Waals surface area (Å²) in [7, 11) is 0. The first-order chi connectivity index (χ1) is 8.72. The van der Waals surface area contributed by atoms with Crippen LogP contribution in [-0.4, -0.2) is 6.54 Å². The van der Waals surface area contributed by atoms with E-state index in [-0.39, 0.29) is 6.04 Å². The number of rotatable bonds is 5. The van der Waals surface area contributed by atoms with E-state index in [0.29, 0.717) is 6.54 Å². The Bertz CT molecular complexity index is 487. The van der Waals surface area contributed by atoms with Gasteiger partial charge in [-0.3, -0.25) is 0 Å². The summed E-state index contributed by atoms with van der Waals surface area (Å²) in [6.45, 7) is 4.88. The van der Waals surface area contributed by atoms with Gasteiger partial charge in [0.05, 0.1) is 6.04 Å². The van der Waals surface area contributed by atoms with E-state index >= 15 is 0 Å². The first-order valence-corrected chi connectivity index (χ1v) is 7.16. The van der Waals surface area contributed by atoms with Crippen LogP contribution in [0.5, 0.6) is 0 Å². The molecule has 1 unspecified atom stereocenters. The Morgan fingerprint density at radius 2 is 1.89 bits per heavy atom. The van der Waals surface area contributed by atoms with Gasteiger partial charge in [0.2, 0.25) is 0 Å². The SMILES string of the molecule is CCc1ccc(C(CN)Nc2ccc(C)cc2)s1. The zero-order valence-corrected chi connectivity index (χ0v) is 11.8. The Balaban J connectivity index is 2.11. The maximum absolute atomic E-state index is 5.88. The molecule has 1 aromatic carbocycles. The molecule has 1 aromatic heterocycles. The minimum absolute atomic E-state index is 0.206. The number of nitrogens with one attached hydrogen (secondary N) is 1. The van der Waals surface area contributed by atoms with Crippen LogP contribution in [0.4, 0.5) is 5.69 Å². The van der Waals surface area contributed by atoms with Crippen LogP contribution >= 0.6 is 11.3 Å². The molecule has 2 rings (SSSR count). The van der Waals surface area contributed by atoms with Crippen molar-refractivity contribution in [1.82, 2.24) is 0 Å². The lowest BCUT2D eigenvalue weighted by Gasteiger charge is -2.16. The fourth-order valence-electron chi connectivity index (χ4n) is 1.87. The Morgan fingerprint density at radius 3 is 2.44 bits per heavy atom. The Labute approximate surface area is 113 Å². The normalized spacial score (nSPS) is 12.4. The summed E-state index contributed by atoms with van der Waals surface area (Å²) < 4.78 is 0. The quantitative estimate of drug-likeness (QED) is 0.859. The predicted molar refractivity (Wildman–Crippen MR) is 80.3 cm³/mol. The molecule has 1 heterocycles. The van der Waals surface area contributed by atoms with E-state index in [4.69, 9.17) is 5.73 Å². The van der Waals surface area contributed by atoms with Crippen molar-refractivity contribution in [3.05, 3.63) is 51.7 Å². The summed E-state index contributed by atoms with van der Waals surface area (Å²) in [5.41, 5.74) is 8.28. The number of hydrogen-bond donors (Lipinski definition) is 2. The highest BCUT2D eigenvalue weighted by Gasteiger charge is 2.11. The molecule has 0 saturated carbocycles. The van der Waals surface area contributed by atoms with Crippen molar-refractivity contribution in [3.8, 4) is 0 Å². The van der Waals surface area contributed by atoms with Gasteiger partial charge in [-0.05, 0) is 37.6 Å². The number of nitrogens with two attached hydrogens (primary N) is 1. The highest BCUT2D eigenvalue weighted by molar-refractivity contribution is 7.12. The lowest BCUT2D eigenvalue weighted by Crippen LogP contribution is -2.19. The minimum Gasteiger partial charge on any atom is -0.376 e. The molecule has 0 saturated heterocycles. The summed E-state index contributed by atoms with van der Waals surface area (Å²) >= 11 is 1.85. The maximum Gasteiger partial charge on any atom is 0.0728 e. The van der Waals surface area contributed by atoms with Crippen LogP contribution in [0.2, 0.25) is 0 Å². The van der Waals surface area contributed by atoms with Gasteiger partial charge < -0.3 is 11.1 Å². The molecule has 0 aliphatic heterocycles. The van der Waals surface area contributed by atoms with Crippen LogP contribution in [0.1, 0.15) is 28.3 Å². The van der Waals surface area contributed by atoms with Crippen LogP contribution < -0.4 is 11.1 Å². The van der Waals surface area contributed by atoms with E-state index < -0.39 is 0 Å². The van der Waals surface area contributed by atoms with Crippen molar-refractivity contribution >= 4 is 17.0 Å². The largest absolute Gasteiger partial charge is 0.376 e. The molecule has 0 spiro atoms. The molecule has 3 N–H and O–H groups in total. The standard InChI is InChI=1S/C15H20N2S/c1-3-13-8-9-15(18-13)14(10-16)17-12-6-4-11(2)5-7-12/h4-9,14,17H,3,10,16H2,1-2H3. The van der Waals surface area contributed by atoms with Crippen molar-refractivity contribution in [2.45, 2.75) is 26.3 Å². The van der Waals surface area contributed by atoms with Gasteiger partial charge in [-0.15, -0.1) is 11.3 Å². The summed E-state index contributed by atoms with van der Waals surface area (Å²) in [6, 6.07) is 13.0. The third-order valence-corrected chi connectivity index (χ3v) is 4.35. The third-order valence-electron chi connectivity index (χ3n) is 3.00. The van der Waals surface area contributed by atoms with E-state index in [1.54, 1.807) is 0 Å². The fourth-order valence-corrected chi connectivity index (χ4v) is 2.89. The summed E-state index contributed by atoms with van der Waals surface area (Å²) in [6.07, 6.45) is 1.09. The second kappa shape index (κ2) is 6.03. The van der Waals surface area contributed by atoms with Crippen LogP contribution in [0.15, 0.2) is 36.4 Å². The second-order valence-corrected chi connectivity index (χ2v) is 5.66. The van der Waals surface area contributed by atoms with E-state index in [1.165, 1.54) is 15.3 Å². The maximum atomic E-state index is 5.88. The molecule has 3 heteroatoms. The number of aryl methyl sites for hydroxylation is 2. The molecule has 0 bridgehead atoms. The molecule has 0 aliphatic carbocycles. The summed E-state index contributed by atoms with van der Waals surface area (Å²) in [4.78, 5) is 2.73. The average Bonchev–Trinajstić information content (AvgIpc) is 2.87. The molecule has 2 aromatic rings. The average molecular weight is 260 g/mol. The number of hydrogen-bond acceptors (Lipinski definition) is 3. The van der Waals surface area contributed by atoms with Crippen molar-refractivity contribution < 1.29 is 0 Å². The predicted octanol–water partition coefficient (Wildman–Crippen LogP) is 3.73. The second-order valence-electron chi connectivity index (χ2n) is 4.46. The van der Waals surface area contributed by atoms with Gasteiger partial charge >= 0.3 is 0 Å². The van der Waals surface area contributed by atoms with Gasteiger partial charge in [0, 0.05) is 22.0 Å². The van der Waals surface area contributed by atoms with E-state index in [1.807, 2.05) is 11.3 Å². The lowest BCUT2D eigenvalue weighted by molar-refractivity contribution is 0.806. The zero-order chi connectivity index (χ0) is 13.0. The van der Waals surface area contributed by atoms with Gasteiger partial charge in [-0.1, -0.05) is 24.6 Å². The minimum atomic E-state index is 0.206. The molecular weight excluding hydrogens is 240 g/mol. The topological polar surface area (TPSA) is 38.0 Å². The highest BCUT2D eigenvalue weighted by Crippen LogP contribution is 2.26. The molecule has 2 nitrogen and oxygen atoms in total. The highest BCUT2D eigenvalue weighted by atomic mass is 32.1. The smallest absolute Gasteiger partial charge is 0.0728 e. The molecule has 0 radical (unpaired) electrons. The van der Waals surface area contributed by atoms with Crippen LogP contribution in [0, 0.1) is 6.92 Å². The van der Waals surface area contributed by atoms with Gasteiger partial charge in [0.15, 0.2) is 0 Å². The molecule has 0 amide bonds. The van der Waals surface area contributed by atoms with Crippen LogP contribution in [0.3, 0.4) is 0 Å². The zero-order valence-electron chi connectivity index (χ0n) is 10.9. The fraction of sp³-hybridized carbons (Fsp3) is 0.333. The van der Waals surface area contributed by atoms with Gasteiger partial charge in [-0.25, -0.2) is 0 Å². The van der Waals surface area contributed by atoms with Crippen LogP contribution in [-0.2, 0) is 6.42 Å². The van der Waals surface area contributed by atoms with E-state index in [2.05, 4.69) is 55.6 Å². The monoisotopic (exact) mass is 260 g/mol. The van der Waals surface area contributed by atoms with Gasteiger partial charge in [-0.2, -0.15) is 0 Å². The molecule has 18 heavy (non-hydrogen) atoms. The summed E-state index contributed by atoms with van der Waals surface area (Å²) in [5, 5.41) is 3.50. The van der Waals surface area contributed by atoms with Crippen molar-refractivity contribution in [1.29, 1.82) is 0 Å². The van der Waals surface area contributed by atoms with Gasteiger partial charge in [0.25, 0.3) is 0 Å². The molecule has 0 aliphatic rings. The molecule has 96 valence electrons. The van der Waals surface area contributed by atoms with E-state index in [0.717, 1.165) is 12.1 Å². The number of anilines is 1. The van der Waals surface area contributed by atoms with Crippen LogP contribution in [0.25, 0.3) is 0 Å². The number of thiophene rings is 1. The van der Waals surface area contributed by atoms with Crippen molar-refractivity contribution in [2.75, 3.05) is 11.9 Å². The third kappa shape index (κ3) is 3.12. The Kier molecular flexibility index (Phi) is 4.39. The van der Waals surface area contributed by atoms with Crippen molar-refractivity contribution in [2.24, 2.45) is 5.73 Å². The Hall–Kier alpha value is -1.32. The number of benzene rings is 1. The van der Waals surface area contributed by atoms with Gasteiger partial charge in [0.1, 0.15) is 0 Å². The Morgan fingerprint density at radius 1 is 1.17 bits per heavy atom. The molecule has 1 atom stereocenters. The first kappa shape index (κ1) is 13.1. The van der Waals surface area contributed by atoms with Crippen molar-refractivity contribution in [3.63, 3.8) is 0 Å². The first-order valence-electron chi connectivity index (χ1n) is 6.34. The molecule has 0 fully saturated rings. The lowest BCUT2D eigenvalue weighted by atomic mass is 10.2.